The lowest BCUT2D eigenvalue weighted by molar-refractivity contribution is -0.139. The van der Waals surface area contributed by atoms with Gasteiger partial charge in [0.05, 0.1) is 19.2 Å². The van der Waals surface area contributed by atoms with E-state index in [2.05, 4.69) is 10.3 Å². The summed E-state index contributed by atoms with van der Waals surface area (Å²) in [5.41, 5.74) is 1.22. The molecule has 0 aromatic heterocycles. The molecule has 1 N–H and O–H groups in total. The van der Waals surface area contributed by atoms with Crippen molar-refractivity contribution in [2.45, 2.75) is 32.4 Å². The highest BCUT2D eigenvalue weighted by atomic mass is 16.5. The maximum Gasteiger partial charge on any atom is 0.331 e. The first-order chi connectivity index (χ1) is 12.1. The Kier molecular flexibility index (Phi) is 5.23. The minimum atomic E-state index is -1.07. The molecule has 0 aliphatic carbocycles. The van der Waals surface area contributed by atoms with Gasteiger partial charge in [-0.25, -0.2) is 4.79 Å². The average Bonchev–Trinajstić information content (AvgIpc) is 3.11. The van der Waals surface area contributed by atoms with Crippen molar-refractivity contribution < 1.29 is 19.1 Å². The topological polar surface area (TPSA) is 88.1 Å². The molecular formula is C18H21N3O4. The highest BCUT2D eigenvalue weighted by Crippen LogP contribution is 2.17. The zero-order chi connectivity index (χ0) is 17.8. The van der Waals surface area contributed by atoms with Crippen molar-refractivity contribution >= 4 is 23.6 Å². The van der Waals surface area contributed by atoms with Crippen molar-refractivity contribution in [1.29, 1.82) is 0 Å². The van der Waals surface area contributed by atoms with Crippen LogP contribution in [0.4, 0.5) is 4.79 Å². The Balaban J connectivity index is 1.73. The van der Waals surface area contributed by atoms with Crippen LogP contribution in [0.15, 0.2) is 35.3 Å². The third kappa shape index (κ3) is 3.93. The molecule has 1 aromatic rings. The number of amides is 4. The molecule has 1 aromatic carbocycles. The maximum absolute atomic E-state index is 12.7. The van der Waals surface area contributed by atoms with Crippen LogP contribution in [0, 0.1) is 5.92 Å². The Morgan fingerprint density at radius 3 is 2.72 bits per heavy atom. The van der Waals surface area contributed by atoms with Crippen LogP contribution in [0.25, 0.3) is 0 Å². The van der Waals surface area contributed by atoms with Crippen molar-refractivity contribution in [3.8, 4) is 0 Å². The Morgan fingerprint density at radius 1 is 1.28 bits per heavy atom. The van der Waals surface area contributed by atoms with E-state index in [1.54, 1.807) is 6.92 Å². The fourth-order valence-electron chi connectivity index (χ4n) is 3.02. The second kappa shape index (κ2) is 7.57. The van der Waals surface area contributed by atoms with Crippen LogP contribution in [-0.4, -0.2) is 47.7 Å². The van der Waals surface area contributed by atoms with Crippen LogP contribution in [-0.2, 0) is 20.9 Å². The van der Waals surface area contributed by atoms with E-state index >= 15 is 0 Å². The molecule has 3 rings (SSSR count). The number of hydrogen-bond acceptors (Lipinski definition) is 5. The number of imide groups is 2. The summed E-state index contributed by atoms with van der Waals surface area (Å²) < 4.78 is 5.50. The monoisotopic (exact) mass is 343 g/mol. The van der Waals surface area contributed by atoms with Gasteiger partial charge in [-0.1, -0.05) is 30.3 Å². The molecular weight excluding hydrogens is 322 g/mol. The molecule has 0 bridgehead atoms. The first-order valence-corrected chi connectivity index (χ1v) is 8.39. The number of urea groups is 1. The number of nitrogens with zero attached hydrogens (tertiary/aromatic N) is 2. The van der Waals surface area contributed by atoms with Gasteiger partial charge in [0, 0.05) is 12.3 Å². The number of nitrogens with one attached hydrogen (secondary N) is 1. The summed E-state index contributed by atoms with van der Waals surface area (Å²) in [4.78, 5) is 42.4. The number of aliphatic imine (C=N–C) groups is 1. The van der Waals surface area contributed by atoms with Crippen LogP contribution in [0.1, 0.15) is 25.3 Å². The molecule has 132 valence electrons. The normalized spacial score (nSPS) is 24.6. The standard InChI is InChI=1S/C18H21N3O4/c1-12(19-10-14-8-5-9-25-14)15-16(22)20-18(24)21(17(15)23)11-13-6-3-2-4-7-13/h2-4,6-7,14-15H,5,8-11H2,1H3,(H,20,22,24)/t14-,15?/m0/s1. The number of ether oxygens (including phenoxy) is 1. The fraction of sp³-hybridized carbons (Fsp3) is 0.444. The summed E-state index contributed by atoms with van der Waals surface area (Å²) in [6.45, 7) is 2.92. The zero-order valence-electron chi connectivity index (χ0n) is 14.1. The average molecular weight is 343 g/mol. The Morgan fingerprint density at radius 2 is 2.04 bits per heavy atom. The predicted molar refractivity (Wildman–Crippen MR) is 91.0 cm³/mol. The van der Waals surface area contributed by atoms with Gasteiger partial charge in [-0.15, -0.1) is 0 Å². The van der Waals surface area contributed by atoms with Crippen molar-refractivity contribution in [1.82, 2.24) is 10.2 Å². The molecule has 2 atom stereocenters. The molecule has 2 fully saturated rings. The van der Waals surface area contributed by atoms with E-state index in [0.717, 1.165) is 29.9 Å². The second-order valence-electron chi connectivity index (χ2n) is 6.25. The minimum absolute atomic E-state index is 0.0405. The van der Waals surface area contributed by atoms with Gasteiger partial charge >= 0.3 is 6.03 Å². The number of carbonyl (C=O) groups excluding carboxylic acids is 3. The second-order valence-corrected chi connectivity index (χ2v) is 6.25. The van der Waals surface area contributed by atoms with E-state index in [4.69, 9.17) is 4.74 Å². The molecule has 7 heteroatoms. The summed E-state index contributed by atoms with van der Waals surface area (Å²) in [7, 11) is 0. The van der Waals surface area contributed by atoms with Crippen LogP contribution in [0.3, 0.4) is 0 Å². The first-order valence-electron chi connectivity index (χ1n) is 8.39. The summed E-state index contributed by atoms with van der Waals surface area (Å²) in [5.74, 6) is -2.22. The summed E-state index contributed by atoms with van der Waals surface area (Å²) >= 11 is 0. The highest BCUT2D eigenvalue weighted by Gasteiger charge is 2.42. The Bertz CT molecular complexity index is 696. The molecule has 2 saturated heterocycles. The lowest BCUT2D eigenvalue weighted by Crippen LogP contribution is -2.59. The number of benzene rings is 1. The van der Waals surface area contributed by atoms with Gasteiger partial charge in [-0.3, -0.25) is 24.8 Å². The first kappa shape index (κ1) is 17.3. The summed E-state index contributed by atoms with van der Waals surface area (Å²) in [6, 6.07) is 8.48. The number of hydrogen-bond donors (Lipinski definition) is 1. The molecule has 1 unspecified atom stereocenters. The molecule has 2 aliphatic heterocycles. The minimum Gasteiger partial charge on any atom is -0.376 e. The molecule has 0 spiro atoms. The van der Waals surface area contributed by atoms with Crippen LogP contribution >= 0.6 is 0 Å². The number of rotatable bonds is 5. The third-order valence-corrected chi connectivity index (χ3v) is 4.42. The highest BCUT2D eigenvalue weighted by molar-refractivity contribution is 6.27. The number of carbonyl (C=O) groups is 3. The van der Waals surface area contributed by atoms with Crippen LogP contribution in [0.5, 0.6) is 0 Å². The van der Waals surface area contributed by atoms with Crippen molar-refractivity contribution in [2.75, 3.05) is 13.2 Å². The van der Waals surface area contributed by atoms with Gasteiger partial charge < -0.3 is 4.74 Å². The van der Waals surface area contributed by atoms with E-state index in [9.17, 15) is 14.4 Å². The molecule has 7 nitrogen and oxygen atoms in total. The number of barbiturate groups is 1. The molecule has 4 amide bonds. The lowest BCUT2D eigenvalue weighted by Gasteiger charge is -2.30. The smallest absolute Gasteiger partial charge is 0.331 e. The summed E-state index contributed by atoms with van der Waals surface area (Å²) in [6.07, 6.45) is 1.97. The van der Waals surface area contributed by atoms with Gasteiger partial charge in [0.1, 0.15) is 0 Å². The van der Waals surface area contributed by atoms with Crippen molar-refractivity contribution in [3.05, 3.63) is 35.9 Å². The van der Waals surface area contributed by atoms with Crippen LogP contribution < -0.4 is 5.32 Å². The molecule has 0 saturated carbocycles. The Labute approximate surface area is 146 Å². The van der Waals surface area contributed by atoms with E-state index in [1.165, 1.54) is 0 Å². The van der Waals surface area contributed by atoms with Gasteiger partial charge in [0.15, 0.2) is 5.92 Å². The SMILES string of the molecule is CC(=NC[C@@H]1CCCO1)C1C(=O)NC(=O)N(Cc2ccccc2)C1=O. The maximum atomic E-state index is 12.7. The third-order valence-electron chi connectivity index (χ3n) is 4.42. The van der Waals surface area contributed by atoms with Gasteiger partial charge in [-0.05, 0) is 25.3 Å². The zero-order valence-corrected chi connectivity index (χ0v) is 14.1. The van der Waals surface area contributed by atoms with E-state index < -0.39 is 23.8 Å². The van der Waals surface area contributed by atoms with Gasteiger partial charge in [0.2, 0.25) is 11.8 Å². The largest absolute Gasteiger partial charge is 0.376 e. The van der Waals surface area contributed by atoms with Gasteiger partial charge in [0.25, 0.3) is 0 Å². The molecule has 2 aliphatic rings. The van der Waals surface area contributed by atoms with E-state index in [-0.39, 0.29) is 12.6 Å². The molecule has 2 heterocycles. The lowest BCUT2D eigenvalue weighted by atomic mass is 9.99. The quantitative estimate of drug-likeness (QED) is 0.648. The van der Waals surface area contributed by atoms with Crippen LogP contribution in [0.2, 0.25) is 0 Å². The van der Waals surface area contributed by atoms with Crippen molar-refractivity contribution in [2.24, 2.45) is 10.9 Å². The molecule has 25 heavy (non-hydrogen) atoms. The predicted octanol–water partition coefficient (Wildman–Crippen LogP) is 1.52. The van der Waals surface area contributed by atoms with E-state index in [1.807, 2.05) is 30.3 Å². The molecule has 0 radical (unpaired) electrons. The summed E-state index contributed by atoms with van der Waals surface area (Å²) in [5, 5.41) is 2.25. The van der Waals surface area contributed by atoms with Crippen molar-refractivity contribution in [3.63, 3.8) is 0 Å². The van der Waals surface area contributed by atoms with E-state index in [0.29, 0.717) is 12.3 Å². The fourth-order valence-corrected chi connectivity index (χ4v) is 3.02. The Hall–Kier alpha value is -2.54. The van der Waals surface area contributed by atoms with Gasteiger partial charge in [-0.2, -0.15) is 0 Å².